The van der Waals surface area contributed by atoms with Crippen LogP contribution >= 0.6 is 0 Å². The van der Waals surface area contributed by atoms with E-state index in [0.717, 1.165) is 0 Å². The molecule has 0 amide bonds. The lowest BCUT2D eigenvalue weighted by molar-refractivity contribution is -0.128. The Bertz CT molecular complexity index is 199. The van der Waals surface area contributed by atoms with Crippen LogP contribution in [0.5, 0.6) is 0 Å². The predicted molar refractivity (Wildman–Crippen MR) is 62.5 cm³/mol. The minimum atomic E-state index is -2.63. The summed E-state index contributed by atoms with van der Waals surface area (Å²) in [7, 11) is 1.89. The fraction of sp³-hybridized carbons (Fsp3) is 0.889. The maximum absolute atomic E-state index is 11.2. The van der Waals surface area contributed by atoms with E-state index in [9.17, 15) is 4.79 Å². The number of aliphatic hydroxyl groups excluding tert-OH is 2. The first-order chi connectivity index (χ1) is 7.55. The first-order valence-electron chi connectivity index (χ1n) is 5.02. The summed E-state index contributed by atoms with van der Waals surface area (Å²) in [6.07, 6.45) is -0.617. The molecule has 0 aromatic heterocycles. The maximum atomic E-state index is 11.2. The van der Waals surface area contributed by atoms with Gasteiger partial charge in [0, 0.05) is 33.8 Å². The van der Waals surface area contributed by atoms with Crippen molar-refractivity contribution in [3.05, 3.63) is 0 Å². The highest BCUT2D eigenvalue weighted by Gasteiger charge is 2.37. The molecule has 8 heteroatoms. The quantitative estimate of drug-likeness (QED) is 0.505. The number of rotatable bonds is 9. The summed E-state index contributed by atoms with van der Waals surface area (Å²) in [5.74, 6) is -0.381. The molecule has 0 fully saturated rings. The highest BCUT2D eigenvalue weighted by Crippen LogP contribution is 2.16. The molecule has 1 atom stereocenters. The van der Waals surface area contributed by atoms with Gasteiger partial charge in [-0.15, -0.1) is 0 Å². The van der Waals surface area contributed by atoms with Crippen LogP contribution in [0.3, 0.4) is 0 Å². The second-order valence-electron chi connectivity index (χ2n) is 3.31. The van der Waals surface area contributed by atoms with E-state index in [2.05, 4.69) is 0 Å². The highest BCUT2D eigenvalue weighted by atomic mass is 28.4. The van der Waals surface area contributed by atoms with Crippen molar-refractivity contribution in [1.82, 2.24) is 0 Å². The molecule has 0 rings (SSSR count). The fourth-order valence-corrected chi connectivity index (χ4v) is 3.03. The van der Waals surface area contributed by atoms with E-state index in [-0.39, 0.29) is 17.7 Å². The van der Waals surface area contributed by atoms with Gasteiger partial charge in [-0.2, -0.15) is 0 Å². The molecule has 0 aromatic rings. The van der Waals surface area contributed by atoms with Gasteiger partial charge in [0.05, 0.1) is 6.61 Å². The zero-order chi connectivity index (χ0) is 12.6. The standard InChI is InChI=1S/C9H20O6Si.H2O/c1-13-16(14-2,15-3)6-4-5-8(11)9(12)7-10;/h9-10,12H,4-7H2,1-3H3;1H2. The molecule has 1 unspecified atom stereocenters. The minimum Gasteiger partial charge on any atom is -0.412 e. The Morgan fingerprint density at radius 1 is 1.24 bits per heavy atom. The Balaban J connectivity index is 0. The van der Waals surface area contributed by atoms with Crippen molar-refractivity contribution >= 4 is 14.6 Å². The summed E-state index contributed by atoms with van der Waals surface area (Å²) in [5.41, 5.74) is 0. The molecule has 0 heterocycles. The molecule has 0 saturated heterocycles. The van der Waals surface area contributed by atoms with E-state index < -0.39 is 21.5 Å². The van der Waals surface area contributed by atoms with Crippen molar-refractivity contribution in [1.29, 1.82) is 0 Å². The Labute approximate surface area is 102 Å². The fourth-order valence-electron chi connectivity index (χ4n) is 1.30. The molecule has 7 nitrogen and oxygen atoms in total. The van der Waals surface area contributed by atoms with Crippen molar-refractivity contribution in [2.75, 3.05) is 27.9 Å². The average molecular weight is 270 g/mol. The Morgan fingerprint density at radius 2 is 1.71 bits per heavy atom. The van der Waals surface area contributed by atoms with Gasteiger partial charge in [0.2, 0.25) is 0 Å². The number of ketones is 1. The van der Waals surface area contributed by atoms with Gasteiger partial charge in [0.25, 0.3) is 0 Å². The van der Waals surface area contributed by atoms with Crippen LogP contribution in [-0.2, 0) is 18.1 Å². The molecule has 0 aliphatic carbocycles. The zero-order valence-electron chi connectivity index (χ0n) is 10.4. The van der Waals surface area contributed by atoms with Crippen molar-refractivity contribution in [3.8, 4) is 0 Å². The third kappa shape index (κ3) is 6.22. The maximum Gasteiger partial charge on any atom is 0.500 e. The molecule has 0 spiro atoms. The van der Waals surface area contributed by atoms with Crippen LogP contribution in [0.15, 0.2) is 0 Å². The monoisotopic (exact) mass is 270 g/mol. The smallest absolute Gasteiger partial charge is 0.412 e. The minimum absolute atomic E-state index is 0. The first-order valence-corrected chi connectivity index (χ1v) is 6.95. The second kappa shape index (κ2) is 9.65. The number of hydrogen-bond acceptors (Lipinski definition) is 6. The van der Waals surface area contributed by atoms with Gasteiger partial charge in [0.1, 0.15) is 6.10 Å². The van der Waals surface area contributed by atoms with E-state index in [1.54, 1.807) is 0 Å². The van der Waals surface area contributed by atoms with E-state index in [1.165, 1.54) is 21.3 Å². The van der Waals surface area contributed by atoms with Crippen LogP contribution in [0.1, 0.15) is 12.8 Å². The lowest BCUT2D eigenvalue weighted by Gasteiger charge is -2.24. The van der Waals surface area contributed by atoms with E-state index >= 15 is 0 Å². The number of hydrogen-bond donors (Lipinski definition) is 2. The Morgan fingerprint density at radius 3 is 2.06 bits per heavy atom. The molecule has 4 N–H and O–H groups in total. The summed E-state index contributed by atoms with van der Waals surface area (Å²) in [6.45, 7) is -0.541. The SMILES string of the molecule is CO[Si](CCCC(=O)C(O)CO)(OC)OC.O. The van der Waals surface area contributed by atoms with Gasteiger partial charge in [-0.25, -0.2) is 0 Å². The van der Waals surface area contributed by atoms with Crippen LogP contribution < -0.4 is 0 Å². The third-order valence-corrected chi connectivity index (χ3v) is 5.22. The largest absolute Gasteiger partial charge is 0.500 e. The number of Topliss-reactive ketones (excluding diaryl/α,β-unsaturated/α-hetero) is 1. The average Bonchev–Trinajstić information content (AvgIpc) is 2.34. The lowest BCUT2D eigenvalue weighted by atomic mass is 10.1. The number of carbonyl (C=O) groups is 1. The van der Waals surface area contributed by atoms with Gasteiger partial charge in [-0.1, -0.05) is 0 Å². The summed E-state index contributed by atoms with van der Waals surface area (Å²) < 4.78 is 15.5. The number of aliphatic hydroxyl groups is 2. The molecule has 0 saturated carbocycles. The predicted octanol–water partition coefficient (Wildman–Crippen LogP) is -1.26. The molecule has 17 heavy (non-hydrogen) atoms. The highest BCUT2D eigenvalue weighted by molar-refractivity contribution is 6.60. The van der Waals surface area contributed by atoms with Crippen molar-refractivity contribution in [2.24, 2.45) is 0 Å². The molecule has 0 radical (unpaired) electrons. The third-order valence-electron chi connectivity index (χ3n) is 2.38. The van der Waals surface area contributed by atoms with Crippen LogP contribution in [0.2, 0.25) is 6.04 Å². The Kier molecular flexibility index (Phi) is 10.8. The van der Waals surface area contributed by atoms with Gasteiger partial charge in [-0.3, -0.25) is 4.79 Å². The summed E-state index contributed by atoms with van der Waals surface area (Å²) in [6, 6.07) is 0.500. The van der Waals surface area contributed by atoms with Gasteiger partial charge >= 0.3 is 8.80 Å². The van der Waals surface area contributed by atoms with Crippen LogP contribution in [0.4, 0.5) is 0 Å². The van der Waals surface area contributed by atoms with Gasteiger partial charge < -0.3 is 29.0 Å². The molecular weight excluding hydrogens is 248 g/mol. The van der Waals surface area contributed by atoms with Crippen molar-refractivity contribution < 1.29 is 33.8 Å². The topological polar surface area (TPSA) is 117 Å². The molecule has 104 valence electrons. The van der Waals surface area contributed by atoms with Crippen LogP contribution in [0.25, 0.3) is 0 Å². The number of carbonyl (C=O) groups excluding carboxylic acids is 1. The summed E-state index contributed by atoms with van der Waals surface area (Å²) in [4.78, 5) is 11.2. The second-order valence-corrected chi connectivity index (χ2v) is 6.40. The van der Waals surface area contributed by atoms with E-state index in [4.69, 9.17) is 23.5 Å². The molecule has 0 aliphatic heterocycles. The molecular formula is C9H22O7Si. The molecule has 0 bridgehead atoms. The van der Waals surface area contributed by atoms with Crippen LogP contribution in [-0.4, -0.2) is 64.3 Å². The molecule has 0 aromatic carbocycles. The van der Waals surface area contributed by atoms with E-state index in [1.807, 2.05) is 0 Å². The Hall–Kier alpha value is -0.353. The molecule has 0 aliphatic rings. The van der Waals surface area contributed by atoms with E-state index in [0.29, 0.717) is 12.5 Å². The van der Waals surface area contributed by atoms with Crippen LogP contribution in [0, 0.1) is 0 Å². The van der Waals surface area contributed by atoms with Gasteiger partial charge in [-0.05, 0) is 6.42 Å². The van der Waals surface area contributed by atoms with Crippen molar-refractivity contribution in [3.63, 3.8) is 0 Å². The normalized spacial score (nSPS) is 13.0. The summed E-state index contributed by atoms with van der Waals surface area (Å²) >= 11 is 0. The zero-order valence-corrected chi connectivity index (χ0v) is 11.4. The van der Waals surface area contributed by atoms with Gasteiger partial charge in [0.15, 0.2) is 5.78 Å². The summed E-state index contributed by atoms with van der Waals surface area (Å²) in [5, 5.41) is 17.6. The van der Waals surface area contributed by atoms with Crippen molar-refractivity contribution in [2.45, 2.75) is 25.0 Å². The first kappa shape index (κ1) is 19.0. The lowest BCUT2D eigenvalue weighted by Crippen LogP contribution is -2.42.